The molecule has 2 N–H and O–H groups in total. The van der Waals surface area contributed by atoms with E-state index in [0.717, 1.165) is 22.4 Å². The molecule has 0 atom stereocenters. The number of carbonyl (C=O) groups is 1. The van der Waals surface area contributed by atoms with Crippen LogP contribution < -0.4 is 14.8 Å². The van der Waals surface area contributed by atoms with Crippen molar-refractivity contribution in [2.75, 3.05) is 16.6 Å². The topological polar surface area (TPSA) is 84.5 Å². The predicted molar refractivity (Wildman–Crippen MR) is 133 cm³/mol. The van der Waals surface area contributed by atoms with Gasteiger partial charge in [-0.3, -0.25) is 9.52 Å². The zero-order valence-electron chi connectivity index (χ0n) is 19.6. The van der Waals surface area contributed by atoms with Crippen molar-refractivity contribution in [3.63, 3.8) is 0 Å². The number of sulfonamides is 1. The molecule has 6 nitrogen and oxygen atoms in total. The van der Waals surface area contributed by atoms with Crippen LogP contribution in [0, 0.1) is 20.8 Å². The van der Waals surface area contributed by atoms with E-state index in [1.165, 1.54) is 12.1 Å². The highest BCUT2D eigenvalue weighted by atomic mass is 32.2. The second kappa shape index (κ2) is 10.1. The molecule has 0 aliphatic heterocycles. The van der Waals surface area contributed by atoms with Gasteiger partial charge >= 0.3 is 0 Å². The number of para-hydroxylation sites is 1. The lowest BCUT2D eigenvalue weighted by molar-refractivity contribution is -0.118. The highest BCUT2D eigenvalue weighted by molar-refractivity contribution is 7.92. The van der Waals surface area contributed by atoms with Crippen LogP contribution in [0.2, 0.25) is 0 Å². The molecule has 174 valence electrons. The summed E-state index contributed by atoms with van der Waals surface area (Å²) in [4.78, 5) is 12.7. The number of nitrogens with one attached hydrogen (secondary N) is 2. The molecular formula is C26H30N2O4S. The Bertz CT molecular complexity index is 1250. The SMILES string of the molecule is Cc1ccc(NS(=O)(=O)c2ccc(OCC(=O)Nc3c(C)cccc3C(C)C)c(C)c2)cc1. The number of rotatable bonds is 8. The van der Waals surface area contributed by atoms with E-state index in [9.17, 15) is 13.2 Å². The number of amides is 1. The van der Waals surface area contributed by atoms with Crippen molar-refractivity contribution in [3.05, 3.63) is 82.9 Å². The summed E-state index contributed by atoms with van der Waals surface area (Å²) in [6.45, 7) is 9.61. The Morgan fingerprint density at radius 2 is 1.64 bits per heavy atom. The van der Waals surface area contributed by atoms with Crippen LogP contribution in [-0.4, -0.2) is 20.9 Å². The molecule has 0 unspecified atom stereocenters. The number of benzene rings is 3. The van der Waals surface area contributed by atoms with Gasteiger partial charge in [0.05, 0.1) is 4.90 Å². The lowest BCUT2D eigenvalue weighted by atomic mass is 9.98. The minimum atomic E-state index is -3.74. The van der Waals surface area contributed by atoms with E-state index in [1.807, 2.05) is 44.2 Å². The zero-order chi connectivity index (χ0) is 24.2. The molecule has 0 fully saturated rings. The number of aryl methyl sites for hydroxylation is 3. The van der Waals surface area contributed by atoms with E-state index in [0.29, 0.717) is 17.0 Å². The first-order valence-corrected chi connectivity index (χ1v) is 12.3. The van der Waals surface area contributed by atoms with Gasteiger partial charge in [0, 0.05) is 11.4 Å². The predicted octanol–water partition coefficient (Wildman–Crippen LogP) is 5.55. The van der Waals surface area contributed by atoms with Crippen molar-refractivity contribution in [3.8, 4) is 5.75 Å². The third-order valence-electron chi connectivity index (χ3n) is 5.31. The first-order valence-electron chi connectivity index (χ1n) is 10.8. The summed E-state index contributed by atoms with van der Waals surface area (Å²) in [5.74, 6) is 0.447. The molecule has 0 radical (unpaired) electrons. The molecule has 1 amide bonds. The van der Waals surface area contributed by atoms with Crippen LogP contribution in [0.1, 0.15) is 42.0 Å². The summed E-state index contributed by atoms with van der Waals surface area (Å²) in [5, 5.41) is 2.95. The van der Waals surface area contributed by atoms with E-state index in [1.54, 1.807) is 25.1 Å². The lowest BCUT2D eigenvalue weighted by Gasteiger charge is -2.17. The van der Waals surface area contributed by atoms with Crippen molar-refractivity contribution in [2.45, 2.75) is 45.4 Å². The molecule has 7 heteroatoms. The van der Waals surface area contributed by atoms with Gasteiger partial charge in [-0.15, -0.1) is 0 Å². The first kappa shape index (κ1) is 24.3. The first-order chi connectivity index (χ1) is 15.6. The van der Waals surface area contributed by atoms with Gasteiger partial charge in [0.25, 0.3) is 15.9 Å². The molecular weight excluding hydrogens is 436 g/mol. The van der Waals surface area contributed by atoms with E-state index in [-0.39, 0.29) is 23.3 Å². The van der Waals surface area contributed by atoms with Crippen molar-refractivity contribution < 1.29 is 17.9 Å². The van der Waals surface area contributed by atoms with Crippen molar-refractivity contribution in [1.29, 1.82) is 0 Å². The van der Waals surface area contributed by atoms with E-state index in [4.69, 9.17) is 4.74 Å². The highest BCUT2D eigenvalue weighted by Crippen LogP contribution is 2.28. The number of ether oxygens (including phenoxy) is 1. The van der Waals surface area contributed by atoms with Crippen LogP contribution in [0.15, 0.2) is 65.6 Å². The highest BCUT2D eigenvalue weighted by Gasteiger charge is 2.17. The largest absolute Gasteiger partial charge is 0.483 e. The van der Waals surface area contributed by atoms with E-state index < -0.39 is 10.0 Å². The van der Waals surface area contributed by atoms with Crippen LogP contribution in [0.4, 0.5) is 11.4 Å². The monoisotopic (exact) mass is 466 g/mol. The van der Waals surface area contributed by atoms with Crippen molar-refractivity contribution in [2.24, 2.45) is 0 Å². The fourth-order valence-corrected chi connectivity index (χ4v) is 4.59. The fourth-order valence-electron chi connectivity index (χ4n) is 3.45. The van der Waals surface area contributed by atoms with E-state index >= 15 is 0 Å². The van der Waals surface area contributed by atoms with Crippen LogP contribution in [0.3, 0.4) is 0 Å². The maximum atomic E-state index is 12.7. The van der Waals surface area contributed by atoms with Gasteiger partial charge in [-0.2, -0.15) is 0 Å². The molecule has 0 aliphatic carbocycles. The lowest BCUT2D eigenvalue weighted by Crippen LogP contribution is -2.22. The van der Waals surface area contributed by atoms with Crippen molar-refractivity contribution >= 4 is 27.3 Å². The van der Waals surface area contributed by atoms with E-state index in [2.05, 4.69) is 23.9 Å². The summed E-state index contributed by atoms with van der Waals surface area (Å²) < 4.78 is 33.7. The van der Waals surface area contributed by atoms with Gasteiger partial charge in [0.1, 0.15) is 5.75 Å². The quantitative estimate of drug-likeness (QED) is 0.456. The Hall–Kier alpha value is -3.32. The van der Waals surface area contributed by atoms with Crippen LogP contribution >= 0.6 is 0 Å². The average Bonchev–Trinajstić information content (AvgIpc) is 2.75. The summed E-state index contributed by atoms with van der Waals surface area (Å²) in [5.41, 5.74) is 5.01. The third kappa shape index (κ3) is 6.14. The summed E-state index contributed by atoms with van der Waals surface area (Å²) in [6, 6.07) is 17.6. The van der Waals surface area contributed by atoms with Gasteiger partial charge in [0.2, 0.25) is 0 Å². The zero-order valence-corrected chi connectivity index (χ0v) is 20.4. The Morgan fingerprint density at radius 1 is 0.939 bits per heavy atom. The van der Waals surface area contributed by atoms with Crippen LogP contribution in [0.5, 0.6) is 5.75 Å². The fraction of sp³-hybridized carbons (Fsp3) is 0.269. The Labute approximate surface area is 196 Å². The van der Waals surface area contributed by atoms with Crippen molar-refractivity contribution in [1.82, 2.24) is 0 Å². The summed E-state index contributed by atoms with van der Waals surface area (Å²) in [7, 11) is -3.74. The van der Waals surface area contributed by atoms with Crippen LogP contribution in [-0.2, 0) is 14.8 Å². The molecule has 0 saturated heterocycles. The summed E-state index contributed by atoms with van der Waals surface area (Å²) in [6.07, 6.45) is 0. The Morgan fingerprint density at radius 3 is 2.27 bits per heavy atom. The minimum absolute atomic E-state index is 0.124. The molecule has 0 aliphatic rings. The van der Waals surface area contributed by atoms with Gasteiger partial charge in [-0.1, -0.05) is 49.7 Å². The molecule has 0 spiro atoms. The van der Waals surface area contributed by atoms with Gasteiger partial charge in [-0.25, -0.2) is 8.42 Å². The summed E-state index contributed by atoms with van der Waals surface area (Å²) >= 11 is 0. The number of hydrogen-bond donors (Lipinski definition) is 2. The number of hydrogen-bond acceptors (Lipinski definition) is 4. The maximum absolute atomic E-state index is 12.7. The average molecular weight is 467 g/mol. The van der Waals surface area contributed by atoms with Gasteiger partial charge in [-0.05, 0) is 73.7 Å². The maximum Gasteiger partial charge on any atom is 0.262 e. The minimum Gasteiger partial charge on any atom is -0.483 e. The molecule has 33 heavy (non-hydrogen) atoms. The third-order valence-corrected chi connectivity index (χ3v) is 6.69. The molecule has 3 aromatic rings. The van der Waals surface area contributed by atoms with Gasteiger partial charge in [0.15, 0.2) is 6.61 Å². The molecule has 3 aromatic carbocycles. The smallest absolute Gasteiger partial charge is 0.262 e. The molecule has 0 saturated carbocycles. The molecule has 0 aromatic heterocycles. The van der Waals surface area contributed by atoms with Crippen LogP contribution in [0.25, 0.3) is 0 Å². The standard InChI is InChI=1S/C26H30N2O4S/c1-17(2)23-8-6-7-19(4)26(23)27-25(29)16-32-24-14-13-22(15-20(24)5)33(30,31)28-21-11-9-18(3)10-12-21/h6-15,17,28H,16H2,1-5H3,(H,27,29). The Kier molecular flexibility index (Phi) is 7.43. The molecule has 0 heterocycles. The Balaban J connectivity index is 1.67. The second-order valence-electron chi connectivity index (χ2n) is 8.43. The second-order valence-corrected chi connectivity index (χ2v) is 10.1. The molecule has 0 bridgehead atoms. The normalized spacial score (nSPS) is 11.3. The number of anilines is 2. The van der Waals surface area contributed by atoms with Gasteiger partial charge < -0.3 is 10.1 Å². The number of carbonyl (C=O) groups excluding carboxylic acids is 1. The molecule has 3 rings (SSSR count).